The van der Waals surface area contributed by atoms with Gasteiger partial charge in [-0.05, 0) is 47.6 Å². The summed E-state index contributed by atoms with van der Waals surface area (Å²) in [6.45, 7) is 4.28. The van der Waals surface area contributed by atoms with Crippen LogP contribution >= 0.6 is 11.8 Å². The number of carbonyl (C=O) groups excluding carboxylic acids is 1. The molecule has 0 bridgehead atoms. The van der Waals surface area contributed by atoms with Crippen molar-refractivity contribution in [1.29, 1.82) is 0 Å². The zero-order valence-corrected chi connectivity index (χ0v) is 16.9. The number of thioether (sulfide) groups is 1. The molecule has 0 aliphatic rings. The summed E-state index contributed by atoms with van der Waals surface area (Å²) in [7, 11) is 0. The standard InChI is InChI=1S/C24H24O3S/c1-3-27-24(26)20-9-7-8-19(16-20)17-12-14-18(15-13-17)23(28-4-2)21-10-5-6-11-22(21)25/h5-16,23,25H,3-4H2,1-2H3. The molecular weight excluding hydrogens is 368 g/mol. The van der Waals surface area contributed by atoms with Gasteiger partial charge in [0.05, 0.1) is 17.4 Å². The molecule has 1 unspecified atom stereocenters. The largest absolute Gasteiger partial charge is 0.508 e. The van der Waals surface area contributed by atoms with Gasteiger partial charge in [-0.1, -0.05) is 61.5 Å². The number of hydrogen-bond acceptors (Lipinski definition) is 4. The van der Waals surface area contributed by atoms with Crippen LogP contribution < -0.4 is 0 Å². The lowest BCUT2D eigenvalue weighted by atomic mass is 9.98. The highest BCUT2D eigenvalue weighted by molar-refractivity contribution is 7.99. The number of phenolic OH excluding ortho intramolecular Hbond substituents is 1. The van der Waals surface area contributed by atoms with Crippen LogP contribution in [0.4, 0.5) is 0 Å². The van der Waals surface area contributed by atoms with Crippen molar-refractivity contribution in [2.24, 2.45) is 0 Å². The summed E-state index contributed by atoms with van der Waals surface area (Å²) in [6.07, 6.45) is 0. The Kier molecular flexibility index (Phi) is 6.77. The zero-order valence-electron chi connectivity index (χ0n) is 16.1. The molecular formula is C24H24O3S. The van der Waals surface area contributed by atoms with Crippen molar-refractivity contribution in [3.63, 3.8) is 0 Å². The topological polar surface area (TPSA) is 46.5 Å². The molecule has 3 rings (SSSR count). The molecule has 0 aromatic heterocycles. The molecule has 0 aliphatic carbocycles. The third-order valence-corrected chi connectivity index (χ3v) is 5.67. The fourth-order valence-electron chi connectivity index (χ4n) is 3.13. The molecule has 0 fully saturated rings. The summed E-state index contributed by atoms with van der Waals surface area (Å²) in [6, 6.07) is 23.3. The van der Waals surface area contributed by atoms with Gasteiger partial charge in [-0.2, -0.15) is 0 Å². The maximum absolute atomic E-state index is 12.0. The molecule has 3 aromatic carbocycles. The van der Waals surface area contributed by atoms with E-state index in [0.717, 1.165) is 28.0 Å². The minimum absolute atomic E-state index is 0.0751. The minimum Gasteiger partial charge on any atom is -0.508 e. The van der Waals surface area contributed by atoms with Crippen molar-refractivity contribution in [3.8, 4) is 16.9 Å². The highest BCUT2D eigenvalue weighted by Crippen LogP contribution is 2.40. The molecule has 0 saturated carbocycles. The van der Waals surface area contributed by atoms with Gasteiger partial charge in [-0.3, -0.25) is 0 Å². The van der Waals surface area contributed by atoms with Crippen LogP contribution in [0, 0.1) is 0 Å². The maximum Gasteiger partial charge on any atom is 0.338 e. The van der Waals surface area contributed by atoms with Gasteiger partial charge in [-0.25, -0.2) is 4.79 Å². The van der Waals surface area contributed by atoms with Crippen LogP contribution in [0.25, 0.3) is 11.1 Å². The summed E-state index contributed by atoms with van der Waals surface area (Å²) >= 11 is 1.79. The van der Waals surface area contributed by atoms with Crippen LogP contribution in [0.3, 0.4) is 0 Å². The van der Waals surface area contributed by atoms with Crippen LogP contribution in [0.1, 0.15) is 40.6 Å². The normalized spacial score (nSPS) is 11.8. The van der Waals surface area contributed by atoms with Gasteiger partial charge < -0.3 is 9.84 Å². The average Bonchev–Trinajstić information content (AvgIpc) is 2.73. The van der Waals surface area contributed by atoms with Crippen molar-refractivity contribution in [2.75, 3.05) is 12.4 Å². The number of esters is 1. The molecule has 3 nitrogen and oxygen atoms in total. The summed E-state index contributed by atoms with van der Waals surface area (Å²) < 4.78 is 5.09. The van der Waals surface area contributed by atoms with Gasteiger partial charge in [-0.15, -0.1) is 11.8 Å². The number of para-hydroxylation sites is 1. The first kappa shape index (κ1) is 20.0. The molecule has 0 spiro atoms. The number of carbonyl (C=O) groups is 1. The molecule has 0 amide bonds. The van der Waals surface area contributed by atoms with Crippen LogP contribution in [0.15, 0.2) is 72.8 Å². The van der Waals surface area contributed by atoms with Crippen LogP contribution in [-0.4, -0.2) is 23.4 Å². The van der Waals surface area contributed by atoms with Gasteiger partial charge in [0.25, 0.3) is 0 Å². The third-order valence-electron chi connectivity index (χ3n) is 4.47. The second kappa shape index (κ2) is 9.47. The molecule has 1 atom stereocenters. The van der Waals surface area contributed by atoms with E-state index >= 15 is 0 Å². The van der Waals surface area contributed by atoms with E-state index in [0.29, 0.717) is 17.9 Å². The van der Waals surface area contributed by atoms with E-state index in [1.165, 1.54) is 0 Å². The zero-order chi connectivity index (χ0) is 19.9. The van der Waals surface area contributed by atoms with E-state index < -0.39 is 0 Å². The first-order valence-corrected chi connectivity index (χ1v) is 10.5. The fraction of sp³-hybridized carbons (Fsp3) is 0.208. The fourth-order valence-corrected chi connectivity index (χ4v) is 4.19. The van der Waals surface area contributed by atoms with E-state index in [2.05, 4.69) is 31.2 Å². The van der Waals surface area contributed by atoms with Gasteiger partial charge in [0.1, 0.15) is 5.75 Å². The quantitative estimate of drug-likeness (QED) is 0.495. The van der Waals surface area contributed by atoms with Crippen LogP contribution in [-0.2, 0) is 4.74 Å². The van der Waals surface area contributed by atoms with Gasteiger partial charge >= 0.3 is 5.97 Å². The Labute approximate surface area is 170 Å². The number of hydrogen-bond donors (Lipinski definition) is 1. The number of phenols is 1. The Balaban J connectivity index is 1.89. The number of ether oxygens (including phenoxy) is 1. The molecule has 0 saturated heterocycles. The second-order valence-electron chi connectivity index (χ2n) is 6.32. The SMILES string of the molecule is CCOC(=O)c1cccc(-c2ccc(C(SCC)c3ccccc3O)cc2)c1. The summed E-state index contributed by atoms with van der Waals surface area (Å²) in [5.74, 6) is 0.960. The van der Waals surface area contributed by atoms with E-state index in [1.54, 1.807) is 30.8 Å². The van der Waals surface area contributed by atoms with Crippen molar-refractivity contribution in [2.45, 2.75) is 19.1 Å². The first-order chi connectivity index (χ1) is 13.6. The third kappa shape index (κ3) is 4.57. The summed E-state index contributed by atoms with van der Waals surface area (Å²) in [5, 5.41) is 10.3. The molecule has 1 N–H and O–H groups in total. The Morgan fingerprint density at radius 2 is 1.71 bits per heavy atom. The van der Waals surface area contributed by atoms with E-state index in [4.69, 9.17) is 4.74 Å². The van der Waals surface area contributed by atoms with Gasteiger partial charge in [0, 0.05) is 5.56 Å². The molecule has 4 heteroatoms. The molecule has 144 valence electrons. The monoisotopic (exact) mass is 392 g/mol. The predicted octanol–water partition coefficient (Wildman–Crippen LogP) is 6.08. The van der Waals surface area contributed by atoms with E-state index in [1.807, 2.05) is 36.4 Å². The highest BCUT2D eigenvalue weighted by atomic mass is 32.2. The number of benzene rings is 3. The van der Waals surface area contributed by atoms with Crippen LogP contribution in [0.5, 0.6) is 5.75 Å². The Bertz CT molecular complexity index is 935. The molecule has 3 aromatic rings. The minimum atomic E-state index is -0.306. The Morgan fingerprint density at radius 1 is 0.964 bits per heavy atom. The molecule has 0 radical (unpaired) electrons. The Hall–Kier alpha value is -2.72. The van der Waals surface area contributed by atoms with Crippen molar-refractivity contribution < 1.29 is 14.6 Å². The second-order valence-corrected chi connectivity index (χ2v) is 7.70. The van der Waals surface area contributed by atoms with Gasteiger partial charge in [0.15, 0.2) is 0 Å². The lowest BCUT2D eigenvalue weighted by Gasteiger charge is -2.18. The smallest absolute Gasteiger partial charge is 0.338 e. The van der Waals surface area contributed by atoms with Gasteiger partial charge in [0.2, 0.25) is 0 Å². The van der Waals surface area contributed by atoms with E-state index in [-0.39, 0.29) is 11.2 Å². The van der Waals surface area contributed by atoms with Crippen molar-refractivity contribution in [3.05, 3.63) is 89.5 Å². The first-order valence-electron chi connectivity index (χ1n) is 9.41. The lowest BCUT2D eigenvalue weighted by Crippen LogP contribution is -2.04. The summed E-state index contributed by atoms with van der Waals surface area (Å²) in [4.78, 5) is 12.0. The summed E-state index contributed by atoms with van der Waals surface area (Å²) in [5.41, 5.74) is 4.62. The number of rotatable bonds is 7. The van der Waals surface area contributed by atoms with Crippen molar-refractivity contribution >= 4 is 17.7 Å². The molecule has 0 aliphatic heterocycles. The highest BCUT2D eigenvalue weighted by Gasteiger charge is 2.17. The van der Waals surface area contributed by atoms with E-state index in [9.17, 15) is 9.90 Å². The lowest BCUT2D eigenvalue weighted by molar-refractivity contribution is 0.0526. The molecule has 28 heavy (non-hydrogen) atoms. The maximum atomic E-state index is 12.0. The average molecular weight is 393 g/mol. The Morgan fingerprint density at radius 3 is 2.39 bits per heavy atom. The molecule has 0 heterocycles. The predicted molar refractivity (Wildman–Crippen MR) is 116 cm³/mol. The number of aromatic hydroxyl groups is 1. The van der Waals surface area contributed by atoms with Crippen LogP contribution in [0.2, 0.25) is 0 Å². The van der Waals surface area contributed by atoms with Crippen molar-refractivity contribution in [1.82, 2.24) is 0 Å².